The van der Waals surface area contributed by atoms with Gasteiger partial charge in [0.1, 0.15) is 11.8 Å². The quantitative estimate of drug-likeness (QED) is 0.593. The van der Waals surface area contributed by atoms with Crippen molar-refractivity contribution in [2.24, 2.45) is 0 Å². The second-order valence-corrected chi connectivity index (χ2v) is 8.17. The van der Waals surface area contributed by atoms with Gasteiger partial charge in [-0.2, -0.15) is 4.72 Å². The monoisotopic (exact) mass is 411 g/mol. The molecule has 3 rings (SSSR count). The largest absolute Gasteiger partial charge is 0.497 e. The molecule has 0 fully saturated rings. The molecule has 3 aromatic rings. The lowest BCUT2D eigenvalue weighted by Gasteiger charge is -2.15. The number of hydrogen-bond acceptors (Lipinski definition) is 4. The van der Waals surface area contributed by atoms with Gasteiger partial charge in [-0.3, -0.25) is 4.79 Å². The van der Waals surface area contributed by atoms with Crippen molar-refractivity contribution in [2.45, 2.75) is 17.4 Å². The van der Waals surface area contributed by atoms with E-state index in [2.05, 4.69) is 4.72 Å². The van der Waals surface area contributed by atoms with Gasteiger partial charge in [0.15, 0.2) is 0 Å². The van der Waals surface area contributed by atoms with Gasteiger partial charge < -0.3 is 9.84 Å². The first-order valence-electron chi connectivity index (χ1n) is 8.92. The van der Waals surface area contributed by atoms with E-state index >= 15 is 0 Å². The molecule has 7 heteroatoms. The van der Waals surface area contributed by atoms with Gasteiger partial charge in [0.25, 0.3) is 0 Å². The summed E-state index contributed by atoms with van der Waals surface area (Å²) in [5.41, 5.74) is 2.48. The first kappa shape index (κ1) is 20.6. The highest BCUT2D eigenvalue weighted by Gasteiger charge is 2.25. The molecule has 2 N–H and O–H groups in total. The summed E-state index contributed by atoms with van der Waals surface area (Å²) < 4.78 is 32.8. The standard InChI is InChI=1S/C22H21NO5S/c1-28-19-11-7-17(8-12-19)18-9-13-20(14-10-18)29(26,27)23-21(22(24)25)15-16-5-3-2-4-6-16/h2-14,21,23H,15H2,1H3,(H,24,25)/t21-/m0/s1. The fourth-order valence-corrected chi connectivity index (χ4v) is 4.08. The summed E-state index contributed by atoms with van der Waals surface area (Å²) in [4.78, 5) is 11.6. The van der Waals surface area contributed by atoms with Gasteiger partial charge in [0.05, 0.1) is 12.0 Å². The number of ether oxygens (including phenoxy) is 1. The van der Waals surface area contributed by atoms with Gasteiger partial charge >= 0.3 is 5.97 Å². The molecule has 0 heterocycles. The van der Waals surface area contributed by atoms with Gasteiger partial charge in [-0.15, -0.1) is 0 Å². The summed E-state index contributed by atoms with van der Waals surface area (Å²) in [6.07, 6.45) is 0.0549. The van der Waals surface area contributed by atoms with E-state index in [0.29, 0.717) is 0 Å². The molecule has 0 saturated carbocycles. The summed E-state index contributed by atoms with van der Waals surface area (Å²) in [5.74, 6) is -0.498. The van der Waals surface area contributed by atoms with Crippen molar-refractivity contribution < 1.29 is 23.1 Å². The van der Waals surface area contributed by atoms with Crippen LogP contribution >= 0.6 is 0 Å². The Kier molecular flexibility index (Phi) is 6.31. The maximum atomic E-state index is 12.7. The number of benzene rings is 3. The SMILES string of the molecule is COc1ccc(-c2ccc(S(=O)(=O)N[C@@H](Cc3ccccc3)C(=O)O)cc2)cc1. The molecule has 0 aromatic heterocycles. The average molecular weight is 411 g/mol. The molecule has 3 aromatic carbocycles. The van der Waals surface area contributed by atoms with E-state index in [-0.39, 0.29) is 11.3 Å². The smallest absolute Gasteiger partial charge is 0.322 e. The van der Waals surface area contributed by atoms with Gasteiger partial charge in [-0.25, -0.2) is 8.42 Å². The Morgan fingerprint density at radius 1 is 0.931 bits per heavy atom. The molecular weight excluding hydrogens is 390 g/mol. The molecule has 0 spiro atoms. The number of carboxylic acids is 1. The fraction of sp³-hybridized carbons (Fsp3) is 0.136. The lowest BCUT2D eigenvalue weighted by molar-refractivity contribution is -0.138. The van der Waals surface area contributed by atoms with Crippen molar-refractivity contribution in [3.63, 3.8) is 0 Å². The third-order valence-electron chi connectivity index (χ3n) is 4.47. The number of aliphatic carboxylic acids is 1. The summed E-state index contributed by atoms with van der Waals surface area (Å²) >= 11 is 0. The van der Waals surface area contributed by atoms with E-state index in [1.54, 1.807) is 43.5 Å². The zero-order valence-electron chi connectivity index (χ0n) is 15.8. The predicted molar refractivity (Wildman–Crippen MR) is 110 cm³/mol. The first-order valence-corrected chi connectivity index (χ1v) is 10.4. The van der Waals surface area contributed by atoms with Crippen molar-refractivity contribution in [2.75, 3.05) is 7.11 Å². The van der Waals surface area contributed by atoms with Crippen molar-refractivity contribution in [1.29, 1.82) is 0 Å². The summed E-state index contributed by atoms with van der Waals surface area (Å²) in [7, 11) is -2.40. The van der Waals surface area contributed by atoms with Crippen molar-refractivity contribution in [3.8, 4) is 16.9 Å². The van der Waals surface area contributed by atoms with E-state index < -0.39 is 22.0 Å². The second kappa shape index (κ2) is 8.89. The molecular formula is C22H21NO5S. The number of sulfonamides is 1. The van der Waals surface area contributed by atoms with Gasteiger partial charge in [-0.1, -0.05) is 54.6 Å². The van der Waals surface area contributed by atoms with Crippen LogP contribution in [0, 0.1) is 0 Å². The number of methoxy groups -OCH3 is 1. The zero-order chi connectivity index (χ0) is 20.9. The Morgan fingerprint density at radius 3 is 2.00 bits per heavy atom. The minimum Gasteiger partial charge on any atom is -0.497 e. The number of hydrogen-bond donors (Lipinski definition) is 2. The van der Waals surface area contributed by atoms with Crippen molar-refractivity contribution in [1.82, 2.24) is 4.72 Å². The Bertz CT molecular complexity index is 1060. The third kappa shape index (κ3) is 5.22. The third-order valence-corrected chi connectivity index (χ3v) is 5.95. The molecule has 29 heavy (non-hydrogen) atoms. The van der Waals surface area contributed by atoms with Crippen LogP contribution in [0.5, 0.6) is 5.75 Å². The normalized spacial score (nSPS) is 12.3. The molecule has 0 aliphatic carbocycles. The topological polar surface area (TPSA) is 92.7 Å². The summed E-state index contributed by atoms with van der Waals surface area (Å²) in [6, 6.07) is 21.3. The number of rotatable bonds is 8. The molecule has 0 unspecified atom stereocenters. The molecule has 1 atom stereocenters. The summed E-state index contributed by atoms with van der Waals surface area (Å²) in [6.45, 7) is 0. The first-order chi connectivity index (χ1) is 13.9. The molecule has 6 nitrogen and oxygen atoms in total. The van der Waals surface area contributed by atoms with Crippen LogP contribution in [0.2, 0.25) is 0 Å². The van der Waals surface area contributed by atoms with E-state index in [0.717, 1.165) is 22.4 Å². The lowest BCUT2D eigenvalue weighted by atomic mass is 10.1. The van der Waals surface area contributed by atoms with Gasteiger partial charge in [0, 0.05) is 0 Å². The number of carbonyl (C=O) groups is 1. The van der Waals surface area contributed by atoms with E-state index in [4.69, 9.17) is 4.74 Å². The van der Waals surface area contributed by atoms with Crippen LogP contribution in [-0.4, -0.2) is 32.6 Å². The Balaban J connectivity index is 1.77. The van der Waals surface area contributed by atoms with Crippen molar-refractivity contribution in [3.05, 3.63) is 84.4 Å². The maximum Gasteiger partial charge on any atom is 0.322 e. The minimum absolute atomic E-state index is 0.00840. The van der Waals surface area contributed by atoms with Crippen LogP contribution in [-0.2, 0) is 21.2 Å². The van der Waals surface area contributed by atoms with E-state index in [9.17, 15) is 18.3 Å². The van der Waals surface area contributed by atoms with Crippen LogP contribution in [0.15, 0.2) is 83.8 Å². The summed E-state index contributed by atoms with van der Waals surface area (Å²) in [5, 5.41) is 9.44. The highest BCUT2D eigenvalue weighted by Crippen LogP contribution is 2.24. The maximum absolute atomic E-state index is 12.7. The number of nitrogens with one attached hydrogen (secondary N) is 1. The molecule has 150 valence electrons. The molecule has 0 bridgehead atoms. The van der Waals surface area contributed by atoms with E-state index in [1.165, 1.54) is 12.1 Å². The lowest BCUT2D eigenvalue weighted by Crippen LogP contribution is -2.42. The van der Waals surface area contributed by atoms with Crippen LogP contribution in [0.25, 0.3) is 11.1 Å². The zero-order valence-corrected chi connectivity index (χ0v) is 16.6. The van der Waals surface area contributed by atoms with E-state index in [1.807, 2.05) is 30.3 Å². The van der Waals surface area contributed by atoms with Crippen LogP contribution < -0.4 is 9.46 Å². The minimum atomic E-state index is -3.99. The van der Waals surface area contributed by atoms with Gasteiger partial charge in [0.2, 0.25) is 10.0 Å². The Hall–Kier alpha value is -3.16. The Labute approximate surface area is 169 Å². The molecule has 0 saturated heterocycles. The highest BCUT2D eigenvalue weighted by molar-refractivity contribution is 7.89. The van der Waals surface area contributed by atoms with Crippen LogP contribution in [0.3, 0.4) is 0 Å². The van der Waals surface area contributed by atoms with Gasteiger partial charge in [-0.05, 0) is 47.4 Å². The predicted octanol–water partition coefficient (Wildman–Crippen LogP) is 3.34. The van der Waals surface area contributed by atoms with Crippen molar-refractivity contribution >= 4 is 16.0 Å². The fourth-order valence-electron chi connectivity index (χ4n) is 2.89. The van der Waals surface area contributed by atoms with Crippen LogP contribution in [0.1, 0.15) is 5.56 Å². The Morgan fingerprint density at radius 2 is 1.48 bits per heavy atom. The second-order valence-electron chi connectivity index (χ2n) is 6.45. The van der Waals surface area contributed by atoms with Crippen LogP contribution in [0.4, 0.5) is 0 Å². The molecule has 0 amide bonds. The molecule has 0 radical (unpaired) electrons. The molecule has 0 aliphatic rings. The average Bonchev–Trinajstić information content (AvgIpc) is 2.74. The molecule has 0 aliphatic heterocycles. The number of carboxylic acid groups (broad SMARTS) is 1. The highest BCUT2D eigenvalue weighted by atomic mass is 32.2.